The lowest BCUT2D eigenvalue weighted by Gasteiger charge is -2.32. The molecule has 0 aliphatic carbocycles. The quantitative estimate of drug-likeness (QED) is 0.787. The molecule has 1 aromatic carbocycles. The van der Waals surface area contributed by atoms with E-state index in [0.717, 1.165) is 5.56 Å². The van der Waals surface area contributed by atoms with Crippen LogP contribution in [0.25, 0.3) is 0 Å². The summed E-state index contributed by atoms with van der Waals surface area (Å²) < 4.78 is 0. The largest absolute Gasteiger partial charge is 0.345 e. The fourth-order valence-electron chi connectivity index (χ4n) is 1.77. The van der Waals surface area contributed by atoms with Crippen LogP contribution in [0.2, 0.25) is 0 Å². The number of rotatable bonds is 2. The Balaban J connectivity index is 2.13. The zero-order chi connectivity index (χ0) is 11.5. The van der Waals surface area contributed by atoms with Gasteiger partial charge >= 0.3 is 0 Å². The number of hydrogen-bond donors (Lipinski definition) is 1. The van der Waals surface area contributed by atoms with Gasteiger partial charge in [0.25, 0.3) is 0 Å². The summed E-state index contributed by atoms with van der Waals surface area (Å²) in [5.41, 5.74) is 1.04. The van der Waals surface area contributed by atoms with E-state index in [4.69, 9.17) is 0 Å². The minimum Gasteiger partial charge on any atom is -0.345 e. The smallest absolute Gasteiger partial charge is 0.242 e. The van der Waals surface area contributed by atoms with Gasteiger partial charge < -0.3 is 10.2 Å². The molecule has 16 heavy (non-hydrogen) atoms. The molecule has 4 nitrogen and oxygen atoms in total. The van der Waals surface area contributed by atoms with Crippen LogP contribution in [0.1, 0.15) is 12.5 Å². The highest BCUT2D eigenvalue weighted by atomic mass is 16.2. The average Bonchev–Trinajstić information content (AvgIpc) is 2.31. The van der Waals surface area contributed by atoms with E-state index in [2.05, 4.69) is 5.32 Å². The van der Waals surface area contributed by atoms with Crippen LogP contribution in [0.5, 0.6) is 0 Å². The Morgan fingerprint density at radius 3 is 2.69 bits per heavy atom. The van der Waals surface area contributed by atoms with Gasteiger partial charge in [0.2, 0.25) is 11.8 Å². The number of carbonyl (C=O) groups is 2. The van der Waals surface area contributed by atoms with Crippen molar-refractivity contribution < 1.29 is 9.59 Å². The fourth-order valence-corrected chi connectivity index (χ4v) is 1.77. The second-order valence-corrected chi connectivity index (χ2v) is 3.90. The van der Waals surface area contributed by atoms with Crippen LogP contribution in [0.15, 0.2) is 30.3 Å². The van der Waals surface area contributed by atoms with E-state index in [1.807, 2.05) is 30.3 Å². The van der Waals surface area contributed by atoms with Crippen molar-refractivity contribution >= 4 is 11.8 Å². The van der Waals surface area contributed by atoms with Gasteiger partial charge in [-0.2, -0.15) is 0 Å². The van der Waals surface area contributed by atoms with Crippen molar-refractivity contribution in [1.82, 2.24) is 10.2 Å². The summed E-state index contributed by atoms with van der Waals surface area (Å²) in [6.07, 6.45) is 0. The maximum Gasteiger partial charge on any atom is 0.242 e. The molecule has 0 radical (unpaired) electrons. The Labute approximate surface area is 94.2 Å². The van der Waals surface area contributed by atoms with E-state index in [1.165, 1.54) is 0 Å². The summed E-state index contributed by atoms with van der Waals surface area (Å²) in [5.74, 6) is -0.119. The van der Waals surface area contributed by atoms with Gasteiger partial charge in [-0.25, -0.2) is 0 Å². The summed E-state index contributed by atoms with van der Waals surface area (Å²) in [6.45, 7) is 2.35. The van der Waals surface area contributed by atoms with E-state index >= 15 is 0 Å². The highest BCUT2D eigenvalue weighted by Gasteiger charge is 2.30. The van der Waals surface area contributed by atoms with Crippen LogP contribution in [0.3, 0.4) is 0 Å². The molecule has 0 bridgehead atoms. The minimum absolute atomic E-state index is 0.0315. The summed E-state index contributed by atoms with van der Waals surface area (Å²) >= 11 is 0. The molecule has 0 saturated carbocycles. The van der Waals surface area contributed by atoms with Crippen LogP contribution in [0, 0.1) is 0 Å². The van der Waals surface area contributed by atoms with E-state index in [9.17, 15) is 9.59 Å². The van der Waals surface area contributed by atoms with Gasteiger partial charge in [-0.05, 0) is 12.5 Å². The topological polar surface area (TPSA) is 49.4 Å². The molecule has 1 fully saturated rings. The molecule has 1 unspecified atom stereocenters. The third-order valence-electron chi connectivity index (χ3n) is 2.78. The molecule has 0 spiro atoms. The van der Waals surface area contributed by atoms with Crippen molar-refractivity contribution in [3.63, 3.8) is 0 Å². The third kappa shape index (κ3) is 2.05. The molecule has 4 heteroatoms. The zero-order valence-corrected chi connectivity index (χ0v) is 9.14. The van der Waals surface area contributed by atoms with E-state index in [-0.39, 0.29) is 24.4 Å². The van der Waals surface area contributed by atoms with Crippen molar-refractivity contribution in [1.29, 1.82) is 0 Å². The lowest BCUT2D eigenvalue weighted by molar-refractivity contribution is -0.145. The SMILES string of the molecule is CC1C(=O)NCC(=O)N1Cc1ccccc1. The van der Waals surface area contributed by atoms with Crippen LogP contribution in [-0.4, -0.2) is 29.3 Å². The first-order valence-corrected chi connectivity index (χ1v) is 5.29. The molecule has 1 saturated heterocycles. The first-order valence-electron chi connectivity index (χ1n) is 5.29. The van der Waals surface area contributed by atoms with Crippen molar-refractivity contribution in [2.24, 2.45) is 0 Å². The maximum absolute atomic E-state index is 11.7. The van der Waals surface area contributed by atoms with Crippen molar-refractivity contribution in [2.45, 2.75) is 19.5 Å². The predicted molar refractivity (Wildman–Crippen MR) is 59.5 cm³/mol. The summed E-state index contributed by atoms with van der Waals surface area (Å²) in [6, 6.07) is 9.29. The van der Waals surface area contributed by atoms with E-state index < -0.39 is 0 Å². The molecule has 84 valence electrons. The molecule has 1 aliphatic rings. The minimum atomic E-state index is -0.388. The Hall–Kier alpha value is -1.84. The average molecular weight is 218 g/mol. The van der Waals surface area contributed by atoms with Crippen LogP contribution < -0.4 is 5.32 Å². The van der Waals surface area contributed by atoms with E-state index in [1.54, 1.807) is 11.8 Å². The molecular weight excluding hydrogens is 204 g/mol. The Kier molecular flexibility index (Phi) is 2.90. The summed E-state index contributed by atoms with van der Waals surface area (Å²) in [4.78, 5) is 24.7. The number of nitrogens with one attached hydrogen (secondary N) is 1. The first kappa shape index (κ1) is 10.7. The predicted octanol–water partition coefficient (Wildman–Crippen LogP) is 0.533. The first-order chi connectivity index (χ1) is 7.68. The van der Waals surface area contributed by atoms with Gasteiger partial charge in [-0.15, -0.1) is 0 Å². The number of benzene rings is 1. The number of nitrogens with zero attached hydrogens (tertiary/aromatic N) is 1. The fraction of sp³-hybridized carbons (Fsp3) is 0.333. The molecule has 1 aliphatic heterocycles. The highest BCUT2D eigenvalue weighted by molar-refractivity contribution is 5.94. The van der Waals surface area contributed by atoms with Crippen molar-refractivity contribution in [3.8, 4) is 0 Å². The Morgan fingerprint density at radius 1 is 1.31 bits per heavy atom. The number of amides is 2. The molecule has 1 aromatic rings. The summed E-state index contributed by atoms with van der Waals surface area (Å²) in [5, 5.41) is 2.57. The lowest BCUT2D eigenvalue weighted by Crippen LogP contribution is -2.56. The molecule has 2 amide bonds. The monoisotopic (exact) mass is 218 g/mol. The van der Waals surface area contributed by atoms with E-state index in [0.29, 0.717) is 6.54 Å². The molecule has 0 aromatic heterocycles. The van der Waals surface area contributed by atoms with Gasteiger partial charge in [0.05, 0.1) is 6.54 Å². The molecule has 1 N–H and O–H groups in total. The number of hydrogen-bond acceptors (Lipinski definition) is 2. The van der Waals surface area contributed by atoms with Gasteiger partial charge in [0, 0.05) is 6.54 Å². The van der Waals surface area contributed by atoms with Crippen LogP contribution >= 0.6 is 0 Å². The van der Waals surface area contributed by atoms with Gasteiger partial charge in [0.1, 0.15) is 6.04 Å². The van der Waals surface area contributed by atoms with Gasteiger partial charge in [-0.3, -0.25) is 9.59 Å². The molecule has 2 rings (SSSR count). The molecule has 1 heterocycles. The molecule has 1 atom stereocenters. The molecular formula is C12H14N2O2. The van der Waals surface area contributed by atoms with Gasteiger partial charge in [0.15, 0.2) is 0 Å². The normalized spacial score (nSPS) is 20.8. The van der Waals surface area contributed by atoms with Crippen molar-refractivity contribution in [3.05, 3.63) is 35.9 Å². The lowest BCUT2D eigenvalue weighted by atomic mass is 10.1. The zero-order valence-electron chi connectivity index (χ0n) is 9.14. The summed E-state index contributed by atoms with van der Waals surface area (Å²) in [7, 11) is 0. The third-order valence-corrected chi connectivity index (χ3v) is 2.78. The standard InChI is InChI=1S/C12H14N2O2/c1-9-12(16)13-7-11(15)14(9)8-10-5-3-2-4-6-10/h2-6,9H,7-8H2,1H3,(H,13,16). The number of piperazine rings is 1. The Bertz CT molecular complexity index is 403. The highest BCUT2D eigenvalue weighted by Crippen LogP contribution is 2.11. The van der Waals surface area contributed by atoms with Crippen molar-refractivity contribution in [2.75, 3.05) is 6.54 Å². The Morgan fingerprint density at radius 2 is 2.00 bits per heavy atom. The van der Waals surface area contributed by atoms with Crippen LogP contribution in [0.4, 0.5) is 0 Å². The maximum atomic E-state index is 11.7. The second-order valence-electron chi connectivity index (χ2n) is 3.90. The second kappa shape index (κ2) is 4.35. The van der Waals surface area contributed by atoms with Gasteiger partial charge in [-0.1, -0.05) is 30.3 Å². The van der Waals surface area contributed by atoms with Crippen LogP contribution in [-0.2, 0) is 16.1 Å². The number of carbonyl (C=O) groups excluding carboxylic acids is 2.